The first kappa shape index (κ1) is 31.8. The molecule has 1 unspecified atom stereocenters. The molecule has 0 bridgehead atoms. The lowest BCUT2D eigenvalue weighted by atomic mass is 9.91. The van der Waals surface area contributed by atoms with E-state index in [1.807, 2.05) is 0 Å². The number of allylic oxidation sites excluding steroid dienone is 1. The van der Waals surface area contributed by atoms with E-state index in [2.05, 4.69) is 5.32 Å². The fourth-order valence-corrected chi connectivity index (χ4v) is 4.23. The summed E-state index contributed by atoms with van der Waals surface area (Å²) < 4.78 is 81.6. The van der Waals surface area contributed by atoms with Gasteiger partial charge in [-0.25, -0.2) is 13.2 Å². The maximum absolute atomic E-state index is 15.1. The number of rotatable bonds is 8. The van der Waals surface area contributed by atoms with E-state index in [4.69, 9.17) is 34.8 Å². The molecule has 0 spiro atoms. The molecule has 2 amide bonds. The van der Waals surface area contributed by atoms with Crippen LogP contribution in [0.3, 0.4) is 0 Å². The topological polar surface area (TPSA) is 49.4 Å². The van der Waals surface area contributed by atoms with Crippen LogP contribution in [0.5, 0.6) is 0 Å². The van der Waals surface area contributed by atoms with Crippen LogP contribution >= 0.6 is 34.8 Å². The van der Waals surface area contributed by atoms with E-state index in [0.29, 0.717) is 17.9 Å². The number of hydrogen-bond acceptors (Lipinski definition) is 2. The number of hydrogen-bond donors (Lipinski definition) is 1. The molecule has 0 saturated heterocycles. The molecular formula is C25H23Cl3F6N2O2. The van der Waals surface area contributed by atoms with E-state index < -0.39 is 48.2 Å². The van der Waals surface area contributed by atoms with Crippen LogP contribution < -0.4 is 5.32 Å². The molecule has 0 aliphatic heterocycles. The third kappa shape index (κ3) is 8.28. The minimum atomic E-state index is -4.61. The quantitative estimate of drug-likeness (QED) is 0.247. The molecule has 0 aliphatic carbocycles. The summed E-state index contributed by atoms with van der Waals surface area (Å²) >= 11 is 17.8. The van der Waals surface area contributed by atoms with Gasteiger partial charge < -0.3 is 10.2 Å². The zero-order valence-electron chi connectivity index (χ0n) is 20.5. The van der Waals surface area contributed by atoms with E-state index in [1.165, 1.54) is 32.0 Å². The summed E-state index contributed by atoms with van der Waals surface area (Å²) in [6, 6.07) is 4.65. The van der Waals surface area contributed by atoms with Gasteiger partial charge in [-0.15, -0.1) is 0 Å². The molecule has 0 heterocycles. The van der Waals surface area contributed by atoms with Gasteiger partial charge in [0.2, 0.25) is 5.91 Å². The smallest absolute Gasteiger partial charge is 0.341 e. The Hall–Kier alpha value is -2.43. The van der Waals surface area contributed by atoms with E-state index in [-0.39, 0.29) is 37.3 Å². The van der Waals surface area contributed by atoms with Crippen molar-refractivity contribution in [2.24, 2.45) is 0 Å². The second-order valence-electron chi connectivity index (χ2n) is 8.78. The van der Waals surface area contributed by atoms with Gasteiger partial charge in [-0.05, 0) is 55.3 Å². The highest BCUT2D eigenvalue weighted by Crippen LogP contribution is 2.41. The average molecular weight is 604 g/mol. The number of likely N-dealkylation sites (N-methyl/N-ethyl adjacent to an activating group) is 1. The van der Waals surface area contributed by atoms with Gasteiger partial charge in [0, 0.05) is 25.1 Å². The molecule has 2 aromatic carbocycles. The fourth-order valence-electron chi connectivity index (χ4n) is 3.61. The van der Waals surface area contributed by atoms with Crippen molar-refractivity contribution < 1.29 is 35.9 Å². The van der Waals surface area contributed by atoms with Gasteiger partial charge in [-0.2, -0.15) is 13.2 Å². The number of nitrogens with one attached hydrogen (secondary N) is 1. The number of nitrogens with zero attached hydrogens (tertiary/aromatic N) is 1. The Morgan fingerprint density at radius 3 is 2.08 bits per heavy atom. The average Bonchev–Trinajstić information content (AvgIpc) is 2.77. The standard InChI is InChI=1S/C25H23Cl3F6N2O2/c1-12-7-14(5-6-16(12)22(37)35-13(2)23(38)36(4)11-25(32,33)34)20(29)10-17(24(3,30)31)15-8-18(26)21(28)19(27)9-15/h5-10,13,17H,11H2,1-4H3,(H,35,37)/b20-10-/t13-,17?/m1/s1. The third-order valence-electron chi connectivity index (χ3n) is 5.48. The van der Waals surface area contributed by atoms with Gasteiger partial charge in [-0.3, -0.25) is 9.59 Å². The van der Waals surface area contributed by atoms with Crippen LogP contribution in [0.1, 0.15) is 46.8 Å². The predicted molar refractivity (Wildman–Crippen MR) is 136 cm³/mol. The van der Waals surface area contributed by atoms with Gasteiger partial charge >= 0.3 is 6.18 Å². The van der Waals surface area contributed by atoms with Crippen molar-refractivity contribution in [3.05, 3.63) is 73.7 Å². The van der Waals surface area contributed by atoms with Crippen LogP contribution in [0, 0.1) is 6.92 Å². The monoisotopic (exact) mass is 602 g/mol. The van der Waals surface area contributed by atoms with E-state index in [1.54, 1.807) is 0 Å². The Labute approximate surface area is 230 Å². The molecule has 2 atom stereocenters. The summed E-state index contributed by atoms with van der Waals surface area (Å²) in [5.41, 5.74) is 0.0416. The Balaban J connectivity index is 2.29. The molecule has 0 fully saturated rings. The molecule has 13 heteroatoms. The second kappa shape index (κ2) is 12.2. The van der Waals surface area contributed by atoms with E-state index in [0.717, 1.165) is 19.2 Å². The Morgan fingerprint density at radius 2 is 1.61 bits per heavy atom. The summed E-state index contributed by atoms with van der Waals surface area (Å²) in [5.74, 6) is -7.96. The molecule has 0 aliphatic rings. The molecule has 4 nitrogen and oxygen atoms in total. The van der Waals surface area contributed by atoms with Crippen LogP contribution in [-0.4, -0.2) is 48.4 Å². The SMILES string of the molecule is Cc1cc(/C(F)=C/C(c2cc(Cl)c(Cl)c(Cl)c2)C(C)(F)F)ccc1C(=O)N[C@H](C)C(=O)N(C)CC(F)(F)F. The number of amides is 2. The minimum absolute atomic E-state index is 0.00770. The van der Waals surface area contributed by atoms with E-state index in [9.17, 15) is 31.5 Å². The van der Waals surface area contributed by atoms with Crippen LogP contribution in [0.4, 0.5) is 26.3 Å². The van der Waals surface area contributed by atoms with Crippen molar-refractivity contribution in [1.29, 1.82) is 0 Å². The van der Waals surface area contributed by atoms with Crippen molar-refractivity contribution >= 4 is 52.4 Å². The summed E-state index contributed by atoms with van der Waals surface area (Å²) in [4.78, 5) is 25.2. The normalized spacial score (nSPS) is 14.2. The second-order valence-corrected chi connectivity index (χ2v) is 9.97. The molecular weight excluding hydrogens is 581 g/mol. The molecule has 0 radical (unpaired) electrons. The molecule has 38 heavy (non-hydrogen) atoms. The number of benzene rings is 2. The first-order valence-corrected chi connectivity index (χ1v) is 12.1. The van der Waals surface area contributed by atoms with Crippen molar-refractivity contribution in [3.8, 4) is 0 Å². The summed E-state index contributed by atoms with van der Waals surface area (Å²) in [6.45, 7) is 1.78. The zero-order valence-corrected chi connectivity index (χ0v) is 22.8. The number of carbonyl (C=O) groups excluding carboxylic acids is 2. The molecule has 1 N–H and O–H groups in total. The molecule has 2 aromatic rings. The summed E-state index contributed by atoms with van der Waals surface area (Å²) in [5, 5.41) is 2.10. The highest BCUT2D eigenvalue weighted by Gasteiger charge is 2.36. The maximum atomic E-state index is 15.1. The molecule has 0 aromatic heterocycles. The van der Waals surface area contributed by atoms with Crippen LogP contribution in [-0.2, 0) is 4.79 Å². The summed E-state index contributed by atoms with van der Waals surface area (Å²) in [7, 11) is 0.951. The highest BCUT2D eigenvalue weighted by molar-refractivity contribution is 6.48. The van der Waals surface area contributed by atoms with Gasteiger partial charge in [0.15, 0.2) is 0 Å². The Morgan fingerprint density at radius 1 is 1.05 bits per heavy atom. The Kier molecular flexibility index (Phi) is 10.2. The van der Waals surface area contributed by atoms with Crippen LogP contribution in [0.25, 0.3) is 5.83 Å². The van der Waals surface area contributed by atoms with Gasteiger partial charge in [-0.1, -0.05) is 40.9 Å². The van der Waals surface area contributed by atoms with E-state index >= 15 is 4.39 Å². The third-order valence-corrected chi connectivity index (χ3v) is 6.68. The first-order valence-electron chi connectivity index (χ1n) is 10.9. The van der Waals surface area contributed by atoms with Crippen LogP contribution in [0.15, 0.2) is 36.4 Å². The number of alkyl halides is 5. The first-order chi connectivity index (χ1) is 17.3. The lowest BCUT2D eigenvalue weighted by Crippen LogP contribution is -2.48. The summed E-state index contributed by atoms with van der Waals surface area (Å²) in [6.07, 6.45) is -3.91. The van der Waals surface area contributed by atoms with Crippen LogP contribution in [0.2, 0.25) is 15.1 Å². The van der Waals surface area contributed by atoms with Crippen molar-refractivity contribution in [3.63, 3.8) is 0 Å². The molecule has 2 rings (SSSR count). The van der Waals surface area contributed by atoms with Gasteiger partial charge in [0.25, 0.3) is 11.8 Å². The largest absolute Gasteiger partial charge is 0.406 e. The van der Waals surface area contributed by atoms with Gasteiger partial charge in [0.05, 0.1) is 21.0 Å². The molecule has 0 saturated carbocycles. The number of carbonyl (C=O) groups is 2. The number of aryl methyl sites for hydroxylation is 1. The maximum Gasteiger partial charge on any atom is 0.406 e. The highest BCUT2D eigenvalue weighted by atomic mass is 35.5. The van der Waals surface area contributed by atoms with Gasteiger partial charge in [0.1, 0.15) is 18.4 Å². The fraction of sp³-hybridized carbons (Fsp3) is 0.360. The lowest BCUT2D eigenvalue weighted by Gasteiger charge is -2.23. The predicted octanol–water partition coefficient (Wildman–Crippen LogP) is 7.84. The Bertz CT molecular complexity index is 1220. The lowest BCUT2D eigenvalue weighted by molar-refractivity contribution is -0.159. The van der Waals surface area contributed by atoms with Crippen molar-refractivity contribution in [2.45, 2.75) is 44.8 Å². The van der Waals surface area contributed by atoms with Crippen molar-refractivity contribution in [1.82, 2.24) is 10.2 Å². The number of halogens is 9. The minimum Gasteiger partial charge on any atom is -0.341 e. The zero-order chi connectivity index (χ0) is 29.2. The molecule has 208 valence electrons. The van der Waals surface area contributed by atoms with Crippen molar-refractivity contribution in [2.75, 3.05) is 13.6 Å².